The van der Waals surface area contributed by atoms with Crippen LogP contribution in [0.1, 0.15) is 33.3 Å². The fraction of sp³-hybridized carbons (Fsp3) is 0.435. The van der Waals surface area contributed by atoms with Crippen molar-refractivity contribution < 1.29 is 18.7 Å². The molecule has 0 N–H and O–H groups in total. The number of pyridine rings is 1. The summed E-state index contributed by atoms with van der Waals surface area (Å²) < 4.78 is 25.2. The molecule has 2 heterocycles. The molecule has 1 aliphatic rings. The van der Waals surface area contributed by atoms with Crippen molar-refractivity contribution in [1.29, 1.82) is 0 Å². The van der Waals surface area contributed by atoms with Crippen LogP contribution in [0, 0.1) is 12.4 Å². The van der Waals surface area contributed by atoms with Gasteiger partial charge in [0.05, 0.1) is 6.57 Å². The van der Waals surface area contributed by atoms with Crippen LogP contribution in [0.4, 0.5) is 20.7 Å². The van der Waals surface area contributed by atoms with Crippen molar-refractivity contribution in [2.24, 2.45) is 0 Å². The van der Waals surface area contributed by atoms with Crippen molar-refractivity contribution in [3.63, 3.8) is 0 Å². The van der Waals surface area contributed by atoms with Crippen LogP contribution < -0.4 is 9.64 Å². The third-order valence-electron chi connectivity index (χ3n) is 4.82. The van der Waals surface area contributed by atoms with Crippen LogP contribution in [0.25, 0.3) is 4.85 Å². The van der Waals surface area contributed by atoms with Gasteiger partial charge in [0.15, 0.2) is 5.69 Å². The third kappa shape index (κ3) is 5.85. The number of halogens is 1. The SMILES string of the molecule is [C-]#[N+]c1ccc(COc2cccc(N3CCN(C(=O)OC(C)(C)C)C[C@H]3C)n2)c(F)c1. The lowest BCUT2D eigenvalue weighted by atomic mass is 10.2. The number of amides is 1. The molecule has 164 valence electrons. The second-order valence-electron chi connectivity index (χ2n) is 8.48. The Balaban J connectivity index is 1.63. The summed E-state index contributed by atoms with van der Waals surface area (Å²) in [5, 5.41) is 0. The molecular weight excluding hydrogens is 399 g/mol. The highest BCUT2D eigenvalue weighted by molar-refractivity contribution is 5.68. The van der Waals surface area contributed by atoms with Gasteiger partial charge >= 0.3 is 6.09 Å². The molecule has 1 aromatic heterocycles. The van der Waals surface area contributed by atoms with Crippen molar-refractivity contribution in [2.75, 3.05) is 24.5 Å². The molecule has 0 bridgehead atoms. The first kappa shape index (κ1) is 22.3. The highest BCUT2D eigenvalue weighted by Crippen LogP contribution is 2.23. The summed E-state index contributed by atoms with van der Waals surface area (Å²) in [7, 11) is 0. The first-order chi connectivity index (χ1) is 14.7. The first-order valence-corrected chi connectivity index (χ1v) is 10.2. The standard InChI is InChI=1S/C23H27FN4O3/c1-16-14-27(22(29)31-23(2,3)4)11-12-28(16)20-7-6-8-21(26-20)30-15-17-9-10-18(25-5)13-19(17)24/h6-10,13,16H,11-12,14-15H2,1-4H3/t16-/m1/s1. The zero-order valence-corrected chi connectivity index (χ0v) is 18.3. The number of benzene rings is 1. The molecule has 2 aromatic rings. The minimum absolute atomic E-state index is 0.0164. The van der Waals surface area contributed by atoms with Crippen LogP contribution >= 0.6 is 0 Å². The van der Waals surface area contributed by atoms with Gasteiger partial charge < -0.3 is 19.3 Å². The second-order valence-corrected chi connectivity index (χ2v) is 8.48. The van der Waals surface area contributed by atoms with E-state index in [-0.39, 0.29) is 24.4 Å². The Bertz CT molecular complexity index is 984. The Morgan fingerprint density at radius 2 is 2.06 bits per heavy atom. The van der Waals surface area contributed by atoms with E-state index in [0.29, 0.717) is 31.1 Å². The average Bonchev–Trinajstić information content (AvgIpc) is 2.71. The maximum absolute atomic E-state index is 14.1. The van der Waals surface area contributed by atoms with E-state index in [0.717, 1.165) is 5.82 Å². The van der Waals surface area contributed by atoms with Crippen molar-refractivity contribution in [3.8, 4) is 5.88 Å². The van der Waals surface area contributed by atoms with Gasteiger partial charge in [-0.2, -0.15) is 4.98 Å². The summed E-state index contributed by atoms with van der Waals surface area (Å²) in [4.78, 5) is 23.9. The quantitative estimate of drug-likeness (QED) is 0.658. The fourth-order valence-corrected chi connectivity index (χ4v) is 3.31. The normalized spacial score (nSPS) is 16.6. The fourth-order valence-electron chi connectivity index (χ4n) is 3.31. The monoisotopic (exact) mass is 426 g/mol. The zero-order valence-electron chi connectivity index (χ0n) is 18.3. The Morgan fingerprint density at radius 3 is 2.71 bits per heavy atom. The molecular formula is C23H27FN4O3. The number of carbonyl (C=O) groups excluding carboxylic acids is 1. The average molecular weight is 426 g/mol. The third-order valence-corrected chi connectivity index (χ3v) is 4.82. The molecule has 1 atom stereocenters. The molecule has 31 heavy (non-hydrogen) atoms. The van der Waals surface area contributed by atoms with E-state index >= 15 is 0 Å². The smallest absolute Gasteiger partial charge is 0.410 e. The van der Waals surface area contributed by atoms with Gasteiger partial charge in [0, 0.05) is 37.3 Å². The van der Waals surface area contributed by atoms with E-state index in [1.165, 1.54) is 6.07 Å². The lowest BCUT2D eigenvalue weighted by Crippen LogP contribution is -2.54. The van der Waals surface area contributed by atoms with Crippen LogP contribution in [0.5, 0.6) is 5.88 Å². The maximum Gasteiger partial charge on any atom is 0.410 e. The number of nitrogens with zero attached hydrogens (tertiary/aromatic N) is 4. The number of hydrogen-bond donors (Lipinski definition) is 0. The molecule has 1 amide bonds. The summed E-state index contributed by atoms with van der Waals surface area (Å²) in [5.74, 6) is 0.641. The number of aromatic nitrogens is 1. The van der Waals surface area contributed by atoms with Gasteiger partial charge in [-0.3, -0.25) is 0 Å². The zero-order chi connectivity index (χ0) is 22.6. The van der Waals surface area contributed by atoms with Crippen LogP contribution in [0.15, 0.2) is 36.4 Å². The van der Waals surface area contributed by atoms with Crippen LogP contribution in [0.3, 0.4) is 0 Å². The predicted octanol–water partition coefficient (Wildman–Crippen LogP) is 4.80. The molecule has 0 spiro atoms. The second kappa shape index (κ2) is 9.21. The molecule has 0 aliphatic carbocycles. The summed E-state index contributed by atoms with van der Waals surface area (Å²) in [6.45, 7) is 16.2. The molecule has 0 radical (unpaired) electrons. The lowest BCUT2D eigenvalue weighted by molar-refractivity contribution is 0.0218. The molecule has 8 heteroatoms. The van der Waals surface area contributed by atoms with E-state index < -0.39 is 11.4 Å². The van der Waals surface area contributed by atoms with Gasteiger partial charge in [-0.1, -0.05) is 18.2 Å². The van der Waals surface area contributed by atoms with Crippen molar-refractivity contribution >= 4 is 17.6 Å². The Hall–Kier alpha value is -3.34. The Kier molecular flexibility index (Phi) is 6.64. The van der Waals surface area contributed by atoms with E-state index in [2.05, 4.69) is 14.7 Å². The van der Waals surface area contributed by atoms with E-state index in [1.54, 1.807) is 23.1 Å². The molecule has 1 aromatic carbocycles. The van der Waals surface area contributed by atoms with Crippen LogP contribution in [0.2, 0.25) is 0 Å². The van der Waals surface area contributed by atoms with Gasteiger partial charge in [-0.25, -0.2) is 14.0 Å². The molecule has 1 fully saturated rings. The number of anilines is 1. The van der Waals surface area contributed by atoms with Gasteiger partial charge in [-0.15, -0.1) is 0 Å². The summed E-state index contributed by atoms with van der Waals surface area (Å²) >= 11 is 0. The van der Waals surface area contributed by atoms with Gasteiger partial charge in [0.25, 0.3) is 0 Å². The summed E-state index contributed by atoms with van der Waals surface area (Å²) in [6.07, 6.45) is -0.310. The van der Waals surface area contributed by atoms with Crippen LogP contribution in [-0.4, -0.2) is 47.3 Å². The summed E-state index contributed by atoms with van der Waals surface area (Å²) in [6, 6.07) is 9.79. The number of piperazine rings is 1. The predicted molar refractivity (Wildman–Crippen MR) is 116 cm³/mol. The molecule has 7 nitrogen and oxygen atoms in total. The molecule has 1 saturated heterocycles. The Morgan fingerprint density at radius 1 is 1.29 bits per heavy atom. The van der Waals surface area contributed by atoms with Gasteiger partial charge in [0.2, 0.25) is 5.88 Å². The van der Waals surface area contributed by atoms with Gasteiger partial charge in [0.1, 0.15) is 23.8 Å². The minimum atomic E-state index is -0.527. The number of rotatable bonds is 4. The van der Waals surface area contributed by atoms with Crippen molar-refractivity contribution in [3.05, 3.63) is 59.2 Å². The van der Waals surface area contributed by atoms with E-state index in [1.807, 2.05) is 39.8 Å². The van der Waals surface area contributed by atoms with Crippen molar-refractivity contribution in [1.82, 2.24) is 9.88 Å². The largest absolute Gasteiger partial charge is 0.473 e. The molecule has 0 unspecified atom stereocenters. The topological polar surface area (TPSA) is 59.3 Å². The van der Waals surface area contributed by atoms with Gasteiger partial charge in [-0.05, 0) is 39.8 Å². The highest BCUT2D eigenvalue weighted by Gasteiger charge is 2.30. The van der Waals surface area contributed by atoms with Crippen molar-refractivity contribution in [2.45, 2.75) is 45.9 Å². The number of ether oxygens (including phenoxy) is 2. The maximum atomic E-state index is 14.1. The summed E-state index contributed by atoms with van der Waals surface area (Å²) in [5.41, 5.74) is 0.0836. The molecule has 1 aliphatic heterocycles. The lowest BCUT2D eigenvalue weighted by Gasteiger charge is -2.40. The van der Waals surface area contributed by atoms with E-state index in [4.69, 9.17) is 16.0 Å². The first-order valence-electron chi connectivity index (χ1n) is 10.2. The molecule has 3 rings (SSSR count). The van der Waals surface area contributed by atoms with Crippen LogP contribution in [-0.2, 0) is 11.3 Å². The number of hydrogen-bond acceptors (Lipinski definition) is 5. The number of carbonyl (C=O) groups is 1. The molecule has 0 saturated carbocycles. The Labute approximate surface area is 182 Å². The minimum Gasteiger partial charge on any atom is -0.473 e. The highest BCUT2D eigenvalue weighted by atomic mass is 19.1. The van der Waals surface area contributed by atoms with E-state index in [9.17, 15) is 9.18 Å².